The van der Waals surface area contributed by atoms with Crippen molar-refractivity contribution >= 4 is 41.5 Å². The summed E-state index contributed by atoms with van der Waals surface area (Å²) in [6.45, 7) is 8.69. The van der Waals surface area contributed by atoms with Gasteiger partial charge in [0.15, 0.2) is 5.78 Å². The number of nitrogens with one attached hydrogen (secondary N) is 3. The first-order chi connectivity index (χ1) is 24.5. The summed E-state index contributed by atoms with van der Waals surface area (Å²) in [5.74, 6) is -5.20. The predicted molar refractivity (Wildman–Crippen MR) is 191 cm³/mol. The normalized spacial score (nSPS) is 17.1. The molecule has 0 aliphatic carbocycles. The lowest BCUT2D eigenvalue weighted by molar-refractivity contribution is -0.140. The van der Waals surface area contributed by atoms with Crippen LogP contribution in [-0.2, 0) is 33.6 Å². The number of carboxylic acids is 4. The van der Waals surface area contributed by atoms with Crippen LogP contribution >= 0.6 is 0 Å². The van der Waals surface area contributed by atoms with Crippen molar-refractivity contribution in [2.24, 2.45) is 5.92 Å². The maximum absolute atomic E-state index is 13.4. The molecular weight excluding hydrogens is 682 g/mol. The molecule has 0 aromatic carbocycles. The number of hydrogen-bond donors (Lipinski definition) is 7. The Kier molecular flexibility index (Phi) is 22.5. The van der Waals surface area contributed by atoms with Gasteiger partial charge < -0.3 is 36.4 Å². The Balaban J connectivity index is 2.98. The number of Topliss-reactive ketones (excluding diaryl/α,β-unsaturated/α-hetero) is 1. The van der Waals surface area contributed by atoms with Crippen LogP contribution in [0.25, 0.3) is 0 Å². The number of ketones is 1. The van der Waals surface area contributed by atoms with E-state index in [1.165, 1.54) is 0 Å². The lowest BCUT2D eigenvalue weighted by Crippen LogP contribution is -2.52. The van der Waals surface area contributed by atoms with Gasteiger partial charge in [0, 0.05) is 77.3 Å². The Morgan fingerprint density at radius 3 is 1.37 bits per heavy atom. The van der Waals surface area contributed by atoms with Gasteiger partial charge in [0.25, 0.3) is 0 Å². The Morgan fingerprint density at radius 1 is 0.558 bits per heavy atom. The van der Waals surface area contributed by atoms with Crippen LogP contribution in [0.15, 0.2) is 0 Å². The predicted octanol–water partition coefficient (Wildman–Crippen LogP) is -0.920. The summed E-state index contributed by atoms with van der Waals surface area (Å²) in [4.78, 5) is 91.5. The molecule has 0 aromatic heterocycles. The molecule has 1 heterocycles. The minimum absolute atomic E-state index is 0.0821. The van der Waals surface area contributed by atoms with Crippen molar-refractivity contribution in [1.29, 1.82) is 0 Å². The molecule has 0 aromatic rings. The maximum atomic E-state index is 13.4. The molecule has 2 amide bonds. The molecule has 0 spiro atoms. The second-order valence-corrected chi connectivity index (χ2v) is 13.9. The molecule has 18 nitrogen and oxygen atoms in total. The number of carbonyl (C=O) groups excluding carboxylic acids is 3. The summed E-state index contributed by atoms with van der Waals surface area (Å²) >= 11 is 0. The van der Waals surface area contributed by atoms with E-state index >= 15 is 0 Å². The van der Waals surface area contributed by atoms with Gasteiger partial charge in [0.2, 0.25) is 11.8 Å². The van der Waals surface area contributed by atoms with Gasteiger partial charge in [-0.25, -0.2) is 0 Å². The van der Waals surface area contributed by atoms with Crippen molar-refractivity contribution in [3.05, 3.63) is 0 Å². The average molecular weight is 744 g/mol. The summed E-state index contributed by atoms with van der Waals surface area (Å²) in [6, 6.07) is -1.17. The van der Waals surface area contributed by atoms with E-state index in [1.54, 1.807) is 19.6 Å². The summed E-state index contributed by atoms with van der Waals surface area (Å²) in [7, 11) is 0. The summed E-state index contributed by atoms with van der Waals surface area (Å²) in [5.41, 5.74) is 0. The zero-order chi connectivity index (χ0) is 39.2. The first kappa shape index (κ1) is 46.3. The Labute approximate surface area is 306 Å². The second-order valence-electron chi connectivity index (χ2n) is 13.9. The quantitative estimate of drug-likeness (QED) is 0.0625. The molecule has 7 N–H and O–H groups in total. The van der Waals surface area contributed by atoms with Crippen molar-refractivity contribution in [1.82, 2.24) is 35.6 Å². The molecule has 0 bridgehead atoms. The lowest BCUT2D eigenvalue weighted by atomic mass is 9.96. The molecular formula is C34H61N7O11. The molecule has 0 unspecified atom stereocenters. The Morgan fingerprint density at radius 2 is 0.981 bits per heavy atom. The first-order valence-electron chi connectivity index (χ1n) is 18.1. The minimum atomic E-state index is -1.07. The third-order valence-electron chi connectivity index (χ3n) is 8.57. The van der Waals surface area contributed by atoms with Crippen molar-refractivity contribution in [2.45, 2.75) is 84.3 Å². The molecule has 0 saturated carbocycles. The van der Waals surface area contributed by atoms with Crippen molar-refractivity contribution in [3.8, 4) is 0 Å². The highest BCUT2D eigenvalue weighted by atomic mass is 16.4. The topological polar surface area (TPSA) is 249 Å². The molecule has 1 fully saturated rings. The van der Waals surface area contributed by atoms with E-state index in [0.29, 0.717) is 25.8 Å². The van der Waals surface area contributed by atoms with Gasteiger partial charge in [-0.3, -0.25) is 53.2 Å². The average Bonchev–Trinajstić information content (AvgIpc) is 3.03. The van der Waals surface area contributed by atoms with E-state index in [4.69, 9.17) is 5.11 Å². The van der Waals surface area contributed by atoms with Gasteiger partial charge in [0.1, 0.15) is 6.04 Å². The molecule has 1 rings (SSSR count). The van der Waals surface area contributed by atoms with Crippen LogP contribution in [0.3, 0.4) is 0 Å². The van der Waals surface area contributed by atoms with E-state index in [9.17, 15) is 48.9 Å². The standard InChI is InChI=1S/C34H61N7O11/c1-24(2)33(51)26(36-25(3)4)8-5-6-11-35-34(52)27(9-7-10-29(43)44)37-28(42)20-38-12-14-39(21-30(45)46)16-18-41(23-32(49)50)19-17-40(15-13-38)22-31(47)48/h24-27,36H,5-23H2,1-4H3,(H,35,52)(H,37,42)(H,43,44)(H,45,46)(H,47,48)(H,49,50)/t26-,27+/m1/s1. The zero-order valence-corrected chi connectivity index (χ0v) is 31.2. The summed E-state index contributed by atoms with van der Waals surface area (Å²) < 4.78 is 0. The lowest BCUT2D eigenvalue weighted by Gasteiger charge is -2.33. The Bertz CT molecular complexity index is 1140. The van der Waals surface area contributed by atoms with Gasteiger partial charge in [-0.05, 0) is 32.1 Å². The molecule has 2 atom stereocenters. The van der Waals surface area contributed by atoms with Gasteiger partial charge in [0.05, 0.1) is 32.2 Å². The SMILES string of the molecule is CC(C)N[C@H](CCCCNC(=O)[C@H](CCCC(=O)O)NC(=O)CN1CCN(CC(=O)O)CCN(CC(=O)O)CCN(CC(=O)O)CC1)C(=O)C(C)C. The van der Waals surface area contributed by atoms with E-state index in [-0.39, 0.29) is 122 Å². The highest BCUT2D eigenvalue weighted by molar-refractivity contribution is 5.88. The van der Waals surface area contributed by atoms with Gasteiger partial charge in [-0.2, -0.15) is 0 Å². The Hall–Kier alpha value is -3.71. The highest BCUT2D eigenvalue weighted by Gasteiger charge is 2.25. The minimum Gasteiger partial charge on any atom is -0.481 e. The summed E-state index contributed by atoms with van der Waals surface area (Å²) in [5, 5.41) is 46.2. The first-order valence-corrected chi connectivity index (χ1v) is 18.1. The fourth-order valence-electron chi connectivity index (χ4n) is 5.87. The van der Waals surface area contributed by atoms with Crippen LogP contribution in [0, 0.1) is 5.92 Å². The second kappa shape index (κ2) is 25.3. The number of nitrogens with zero attached hydrogens (tertiary/aromatic N) is 4. The van der Waals surface area contributed by atoms with E-state index < -0.39 is 41.7 Å². The van der Waals surface area contributed by atoms with E-state index in [2.05, 4.69) is 16.0 Å². The van der Waals surface area contributed by atoms with Crippen LogP contribution in [0.4, 0.5) is 0 Å². The smallest absolute Gasteiger partial charge is 0.317 e. The van der Waals surface area contributed by atoms with E-state index in [1.807, 2.05) is 27.7 Å². The van der Waals surface area contributed by atoms with Crippen molar-refractivity contribution < 1.29 is 54.0 Å². The number of aliphatic carboxylic acids is 4. The van der Waals surface area contributed by atoms with Gasteiger partial charge in [-0.15, -0.1) is 0 Å². The summed E-state index contributed by atoms with van der Waals surface area (Å²) in [6.07, 6.45) is 1.90. The molecule has 18 heteroatoms. The fourth-order valence-corrected chi connectivity index (χ4v) is 5.87. The third kappa shape index (κ3) is 21.6. The number of amides is 2. The van der Waals surface area contributed by atoms with Crippen LogP contribution in [0.5, 0.6) is 0 Å². The van der Waals surface area contributed by atoms with Crippen molar-refractivity contribution in [2.75, 3.05) is 85.1 Å². The number of hydrogen-bond acceptors (Lipinski definition) is 12. The number of unbranched alkanes of at least 4 members (excludes halogenated alkanes) is 1. The van der Waals surface area contributed by atoms with Crippen LogP contribution < -0.4 is 16.0 Å². The molecule has 298 valence electrons. The highest BCUT2D eigenvalue weighted by Crippen LogP contribution is 2.10. The fraction of sp³-hybridized carbons (Fsp3) is 0.794. The largest absolute Gasteiger partial charge is 0.481 e. The number of carbonyl (C=O) groups is 7. The molecule has 1 saturated heterocycles. The molecule has 1 aliphatic heterocycles. The maximum Gasteiger partial charge on any atom is 0.317 e. The number of carboxylic acid groups (broad SMARTS) is 4. The van der Waals surface area contributed by atoms with Gasteiger partial charge in [-0.1, -0.05) is 27.7 Å². The molecule has 52 heavy (non-hydrogen) atoms. The monoisotopic (exact) mass is 743 g/mol. The van der Waals surface area contributed by atoms with Gasteiger partial charge >= 0.3 is 23.9 Å². The van der Waals surface area contributed by atoms with E-state index in [0.717, 1.165) is 0 Å². The molecule has 1 aliphatic rings. The molecule has 0 radical (unpaired) electrons. The third-order valence-corrected chi connectivity index (χ3v) is 8.57. The number of rotatable bonds is 23. The van der Waals surface area contributed by atoms with Crippen LogP contribution in [0.2, 0.25) is 0 Å². The van der Waals surface area contributed by atoms with Crippen LogP contribution in [-0.4, -0.2) is 185 Å². The van der Waals surface area contributed by atoms with Crippen LogP contribution in [0.1, 0.15) is 66.2 Å². The zero-order valence-electron chi connectivity index (χ0n) is 31.2. The van der Waals surface area contributed by atoms with Crippen molar-refractivity contribution in [3.63, 3.8) is 0 Å².